The van der Waals surface area contributed by atoms with Gasteiger partial charge in [0, 0.05) is 11.9 Å². The van der Waals surface area contributed by atoms with E-state index < -0.39 is 12.0 Å². The van der Waals surface area contributed by atoms with Gasteiger partial charge >= 0.3 is 5.97 Å². The van der Waals surface area contributed by atoms with Crippen LogP contribution in [0.25, 0.3) is 0 Å². The number of aliphatic carboxylic acids is 1. The number of carboxylic acids is 1. The molecule has 1 N–H and O–H groups in total. The van der Waals surface area contributed by atoms with Crippen molar-refractivity contribution >= 4 is 23.6 Å². The van der Waals surface area contributed by atoms with Crippen LogP contribution in [0.4, 0.5) is 0 Å². The minimum absolute atomic E-state index is 0.164. The van der Waals surface area contributed by atoms with Crippen molar-refractivity contribution in [3.8, 4) is 0 Å². The lowest BCUT2D eigenvalue weighted by Crippen LogP contribution is -2.42. The molecule has 0 saturated carbocycles. The molecule has 2 rings (SSSR count). The molecule has 1 atom stereocenters. The number of amides is 1. The molecule has 0 radical (unpaired) electrons. The third-order valence-corrected chi connectivity index (χ3v) is 3.94. The zero-order valence-corrected chi connectivity index (χ0v) is 10.8. The highest BCUT2D eigenvalue weighted by Gasteiger charge is 2.34. The van der Waals surface area contributed by atoms with Crippen LogP contribution in [0.5, 0.6) is 0 Å². The summed E-state index contributed by atoms with van der Waals surface area (Å²) in [5, 5.41) is 9.03. The van der Waals surface area contributed by atoms with Crippen molar-refractivity contribution in [1.82, 2.24) is 9.88 Å². The van der Waals surface area contributed by atoms with Crippen LogP contribution in [0.15, 0.2) is 18.3 Å². The van der Waals surface area contributed by atoms with E-state index in [2.05, 4.69) is 4.98 Å². The third-order valence-electron chi connectivity index (χ3n) is 2.92. The fourth-order valence-electron chi connectivity index (χ4n) is 1.84. The Kier molecular flexibility index (Phi) is 3.86. The molecule has 1 saturated heterocycles. The van der Waals surface area contributed by atoms with Crippen LogP contribution in [0.3, 0.4) is 0 Å². The molecule has 1 unspecified atom stereocenters. The minimum atomic E-state index is -0.939. The fourth-order valence-corrected chi connectivity index (χ4v) is 3.01. The van der Waals surface area contributed by atoms with E-state index in [4.69, 9.17) is 5.11 Å². The van der Waals surface area contributed by atoms with Gasteiger partial charge in [0.15, 0.2) is 0 Å². The Balaban J connectivity index is 2.08. The Bertz CT molecular complexity index is 478. The molecule has 1 aromatic heterocycles. The van der Waals surface area contributed by atoms with Crippen LogP contribution in [0.1, 0.15) is 11.3 Å². The zero-order chi connectivity index (χ0) is 13.1. The summed E-state index contributed by atoms with van der Waals surface area (Å²) in [6.07, 6.45) is 1.81. The molecular weight excluding hydrogens is 252 g/mol. The van der Waals surface area contributed by atoms with Gasteiger partial charge in [-0.15, -0.1) is 11.8 Å². The Morgan fingerprint density at radius 1 is 1.61 bits per heavy atom. The summed E-state index contributed by atoms with van der Waals surface area (Å²) in [4.78, 5) is 28.7. The average molecular weight is 266 g/mol. The molecule has 1 aliphatic rings. The first-order valence-electron chi connectivity index (χ1n) is 5.60. The van der Waals surface area contributed by atoms with Crippen LogP contribution in [0.2, 0.25) is 0 Å². The molecule has 1 aromatic rings. The van der Waals surface area contributed by atoms with Gasteiger partial charge in [0.1, 0.15) is 6.04 Å². The lowest BCUT2D eigenvalue weighted by molar-refractivity contribution is -0.147. The molecule has 0 spiro atoms. The van der Waals surface area contributed by atoms with Gasteiger partial charge < -0.3 is 10.0 Å². The van der Waals surface area contributed by atoms with Gasteiger partial charge in [-0.25, -0.2) is 4.79 Å². The second kappa shape index (κ2) is 5.39. The first-order valence-corrected chi connectivity index (χ1v) is 6.75. The van der Waals surface area contributed by atoms with Gasteiger partial charge in [-0.05, 0) is 18.6 Å². The quantitative estimate of drug-likeness (QED) is 0.881. The highest BCUT2D eigenvalue weighted by molar-refractivity contribution is 7.99. The Labute approximate surface area is 109 Å². The standard InChI is InChI=1S/C12H14N2O3S/c1-8-3-2-4-13-9(8)5-11(15)14-7-18-6-10(14)12(16)17/h2-4,10H,5-7H2,1H3,(H,16,17). The predicted molar refractivity (Wildman–Crippen MR) is 68.3 cm³/mol. The van der Waals surface area contributed by atoms with E-state index in [0.29, 0.717) is 17.3 Å². The van der Waals surface area contributed by atoms with Gasteiger partial charge in [-0.2, -0.15) is 0 Å². The number of hydrogen-bond acceptors (Lipinski definition) is 4. The summed E-state index contributed by atoms with van der Waals surface area (Å²) in [7, 11) is 0. The van der Waals surface area contributed by atoms with Crippen molar-refractivity contribution in [3.05, 3.63) is 29.6 Å². The number of pyridine rings is 1. The molecule has 0 aromatic carbocycles. The van der Waals surface area contributed by atoms with Crippen molar-refractivity contribution in [1.29, 1.82) is 0 Å². The molecule has 96 valence electrons. The molecule has 6 heteroatoms. The molecule has 1 amide bonds. The highest BCUT2D eigenvalue weighted by Crippen LogP contribution is 2.22. The van der Waals surface area contributed by atoms with E-state index in [-0.39, 0.29) is 12.3 Å². The lowest BCUT2D eigenvalue weighted by Gasteiger charge is -2.20. The summed E-state index contributed by atoms with van der Waals surface area (Å²) in [6, 6.07) is 3.00. The van der Waals surface area contributed by atoms with E-state index in [1.165, 1.54) is 16.7 Å². The zero-order valence-electron chi connectivity index (χ0n) is 10.00. The van der Waals surface area contributed by atoms with Crippen molar-refractivity contribution in [2.24, 2.45) is 0 Å². The molecule has 2 heterocycles. The summed E-state index contributed by atoms with van der Waals surface area (Å²) >= 11 is 1.47. The second-order valence-electron chi connectivity index (χ2n) is 4.16. The Hall–Kier alpha value is -1.56. The van der Waals surface area contributed by atoms with Crippen LogP contribution < -0.4 is 0 Å². The smallest absolute Gasteiger partial charge is 0.327 e. The summed E-state index contributed by atoms with van der Waals surface area (Å²) < 4.78 is 0. The lowest BCUT2D eigenvalue weighted by atomic mass is 10.1. The number of thioether (sulfide) groups is 1. The summed E-state index contributed by atoms with van der Waals surface area (Å²) in [6.45, 7) is 1.89. The van der Waals surface area contributed by atoms with Crippen LogP contribution in [-0.4, -0.2) is 44.5 Å². The monoisotopic (exact) mass is 266 g/mol. The van der Waals surface area contributed by atoms with Gasteiger partial charge in [0.2, 0.25) is 5.91 Å². The number of aromatic nitrogens is 1. The van der Waals surface area contributed by atoms with Crippen molar-refractivity contribution in [3.63, 3.8) is 0 Å². The van der Waals surface area contributed by atoms with Crippen molar-refractivity contribution in [2.45, 2.75) is 19.4 Å². The normalized spacial score (nSPS) is 18.9. The van der Waals surface area contributed by atoms with Gasteiger partial charge in [-0.3, -0.25) is 9.78 Å². The van der Waals surface area contributed by atoms with Crippen LogP contribution in [-0.2, 0) is 16.0 Å². The summed E-state index contributed by atoms with van der Waals surface area (Å²) in [5.41, 5.74) is 1.66. The number of carbonyl (C=O) groups excluding carboxylic acids is 1. The number of rotatable bonds is 3. The molecule has 1 fully saturated rings. The van der Waals surface area contributed by atoms with E-state index in [0.717, 1.165) is 5.56 Å². The first-order chi connectivity index (χ1) is 8.59. The molecule has 18 heavy (non-hydrogen) atoms. The topological polar surface area (TPSA) is 70.5 Å². The van der Waals surface area contributed by atoms with E-state index in [1.54, 1.807) is 6.20 Å². The molecule has 0 bridgehead atoms. The SMILES string of the molecule is Cc1cccnc1CC(=O)N1CSCC1C(=O)O. The van der Waals surface area contributed by atoms with Gasteiger partial charge in [0.05, 0.1) is 18.0 Å². The fraction of sp³-hybridized carbons (Fsp3) is 0.417. The number of carboxylic acid groups (broad SMARTS) is 1. The second-order valence-corrected chi connectivity index (χ2v) is 5.16. The van der Waals surface area contributed by atoms with Crippen molar-refractivity contribution < 1.29 is 14.7 Å². The average Bonchev–Trinajstić information content (AvgIpc) is 2.81. The molecular formula is C12H14N2O3S. The summed E-state index contributed by atoms with van der Waals surface area (Å²) in [5.74, 6) is -0.204. The third kappa shape index (κ3) is 2.64. The minimum Gasteiger partial charge on any atom is -0.480 e. The Morgan fingerprint density at radius 2 is 2.39 bits per heavy atom. The van der Waals surface area contributed by atoms with E-state index in [1.807, 2.05) is 19.1 Å². The number of aryl methyl sites for hydroxylation is 1. The maximum Gasteiger partial charge on any atom is 0.327 e. The number of nitrogens with zero attached hydrogens (tertiary/aromatic N) is 2. The molecule has 1 aliphatic heterocycles. The van der Waals surface area contributed by atoms with E-state index >= 15 is 0 Å². The van der Waals surface area contributed by atoms with Crippen molar-refractivity contribution in [2.75, 3.05) is 11.6 Å². The number of carbonyl (C=O) groups is 2. The van der Waals surface area contributed by atoms with Crippen LogP contribution in [0, 0.1) is 6.92 Å². The van der Waals surface area contributed by atoms with Gasteiger partial charge in [0.25, 0.3) is 0 Å². The maximum absolute atomic E-state index is 12.1. The predicted octanol–water partition coefficient (Wildman–Crippen LogP) is 0.919. The van der Waals surface area contributed by atoms with E-state index in [9.17, 15) is 9.59 Å². The molecule has 0 aliphatic carbocycles. The first kappa shape index (κ1) is 12.9. The van der Waals surface area contributed by atoms with Gasteiger partial charge in [-0.1, -0.05) is 6.07 Å². The maximum atomic E-state index is 12.1. The number of hydrogen-bond donors (Lipinski definition) is 1. The highest BCUT2D eigenvalue weighted by atomic mass is 32.2. The van der Waals surface area contributed by atoms with Crippen LogP contribution >= 0.6 is 11.8 Å². The molecule has 5 nitrogen and oxygen atoms in total. The Morgan fingerprint density at radius 3 is 3.06 bits per heavy atom. The largest absolute Gasteiger partial charge is 0.480 e.